The lowest BCUT2D eigenvalue weighted by Gasteiger charge is -2.33. The Labute approximate surface area is 102 Å². The number of carboxylic acids is 1. The molecule has 0 bridgehead atoms. The highest BCUT2D eigenvalue weighted by molar-refractivity contribution is 5.70. The maximum Gasteiger partial charge on any atom is 0.303 e. The summed E-state index contributed by atoms with van der Waals surface area (Å²) in [6, 6.07) is 0. The normalized spacial score (nSPS) is 14.8. The number of nitrogens with zero attached hydrogens (tertiary/aromatic N) is 1. The van der Waals surface area contributed by atoms with E-state index in [0.29, 0.717) is 11.0 Å². The third kappa shape index (κ3) is 6.73. The molecular formula is C12H21NO4. The second kappa shape index (κ2) is 6.39. The quantitative estimate of drug-likeness (QED) is 0.345. The molecule has 0 saturated heterocycles. The third-order valence-corrected chi connectivity index (χ3v) is 2.22. The maximum absolute atomic E-state index is 11.0. The molecule has 0 heterocycles. The van der Waals surface area contributed by atoms with Crippen molar-refractivity contribution in [3.05, 3.63) is 12.7 Å². The van der Waals surface area contributed by atoms with Crippen molar-refractivity contribution in [1.82, 2.24) is 0 Å². The fraction of sp³-hybridized carbons (Fsp3) is 0.667. The number of hydrogen-bond donors (Lipinski definition) is 0. The van der Waals surface area contributed by atoms with Gasteiger partial charge in [0, 0.05) is 18.8 Å². The van der Waals surface area contributed by atoms with E-state index in [-0.39, 0.29) is 6.42 Å². The summed E-state index contributed by atoms with van der Waals surface area (Å²) in [6.07, 6.45) is 1.02. The van der Waals surface area contributed by atoms with Crippen molar-refractivity contribution in [2.45, 2.75) is 19.4 Å². The van der Waals surface area contributed by atoms with Crippen LogP contribution in [0, 0.1) is 5.92 Å². The van der Waals surface area contributed by atoms with Crippen molar-refractivity contribution < 1.29 is 23.9 Å². The van der Waals surface area contributed by atoms with Crippen LogP contribution in [0.3, 0.4) is 0 Å². The van der Waals surface area contributed by atoms with Crippen LogP contribution >= 0.6 is 0 Å². The Balaban J connectivity index is 4.90. The number of ether oxygens (including phenoxy) is 1. The fourth-order valence-electron chi connectivity index (χ4n) is 1.58. The van der Waals surface area contributed by atoms with E-state index in [1.165, 1.54) is 13.0 Å². The summed E-state index contributed by atoms with van der Waals surface area (Å²) in [5.41, 5.74) is 0. The van der Waals surface area contributed by atoms with Crippen molar-refractivity contribution in [2.75, 3.05) is 27.7 Å². The van der Waals surface area contributed by atoms with Crippen LogP contribution in [0.4, 0.5) is 0 Å². The van der Waals surface area contributed by atoms with E-state index in [1.807, 2.05) is 21.1 Å². The van der Waals surface area contributed by atoms with Gasteiger partial charge in [-0.1, -0.05) is 6.08 Å². The number of esters is 1. The molecule has 0 aromatic heterocycles. The van der Waals surface area contributed by atoms with Crippen LogP contribution < -0.4 is 5.11 Å². The second-order valence-corrected chi connectivity index (χ2v) is 5.07. The molecule has 0 rings (SSSR count). The van der Waals surface area contributed by atoms with Crippen LogP contribution in [0.5, 0.6) is 0 Å². The minimum Gasteiger partial charge on any atom is -0.550 e. The number of quaternary nitrogens is 1. The number of carbonyl (C=O) groups is 2. The summed E-state index contributed by atoms with van der Waals surface area (Å²) in [5.74, 6) is -2.56. The predicted octanol–water partition coefficient (Wildman–Crippen LogP) is -0.433. The van der Waals surface area contributed by atoms with Crippen molar-refractivity contribution in [3.63, 3.8) is 0 Å². The lowest BCUT2D eigenvalue weighted by atomic mass is 9.97. The number of aliphatic carboxylic acids is 1. The second-order valence-electron chi connectivity index (χ2n) is 5.07. The first kappa shape index (κ1) is 15.6. The molecule has 0 fully saturated rings. The minimum atomic E-state index is -1.22. The van der Waals surface area contributed by atoms with Crippen LogP contribution in [0.2, 0.25) is 0 Å². The van der Waals surface area contributed by atoms with Gasteiger partial charge in [0.25, 0.3) is 0 Å². The molecule has 0 aliphatic heterocycles. The molecule has 0 radical (unpaired) electrons. The van der Waals surface area contributed by atoms with Gasteiger partial charge < -0.3 is 19.1 Å². The van der Waals surface area contributed by atoms with Crippen molar-refractivity contribution in [3.8, 4) is 0 Å². The van der Waals surface area contributed by atoms with Crippen molar-refractivity contribution in [2.24, 2.45) is 5.92 Å². The SMILES string of the molecule is C=CCC(C(=O)[O-])C(C[N+](C)(C)C)OC(C)=O. The molecule has 2 unspecified atom stereocenters. The summed E-state index contributed by atoms with van der Waals surface area (Å²) < 4.78 is 5.58. The molecule has 0 aromatic carbocycles. The third-order valence-electron chi connectivity index (χ3n) is 2.22. The van der Waals surface area contributed by atoms with Gasteiger partial charge in [0.1, 0.15) is 6.54 Å². The van der Waals surface area contributed by atoms with E-state index >= 15 is 0 Å². The van der Waals surface area contributed by atoms with Gasteiger partial charge >= 0.3 is 5.97 Å². The van der Waals surface area contributed by atoms with E-state index in [9.17, 15) is 14.7 Å². The fourth-order valence-corrected chi connectivity index (χ4v) is 1.58. The molecular weight excluding hydrogens is 222 g/mol. The molecule has 0 amide bonds. The number of carboxylic acid groups (broad SMARTS) is 1. The largest absolute Gasteiger partial charge is 0.550 e. The van der Waals surface area contributed by atoms with Crippen LogP contribution in [-0.2, 0) is 14.3 Å². The van der Waals surface area contributed by atoms with Crippen molar-refractivity contribution >= 4 is 11.9 Å². The highest BCUT2D eigenvalue weighted by Crippen LogP contribution is 2.15. The Morgan fingerprint density at radius 2 is 1.94 bits per heavy atom. The molecule has 2 atom stereocenters. The minimum absolute atomic E-state index is 0.223. The molecule has 0 aliphatic carbocycles. The van der Waals surface area contributed by atoms with E-state index in [2.05, 4.69) is 6.58 Å². The number of likely N-dealkylation sites (N-methyl/N-ethyl adjacent to an activating group) is 1. The van der Waals surface area contributed by atoms with Crippen molar-refractivity contribution in [1.29, 1.82) is 0 Å². The Bertz CT molecular complexity index is 293. The topological polar surface area (TPSA) is 66.4 Å². The van der Waals surface area contributed by atoms with E-state index in [1.54, 1.807) is 0 Å². The number of allylic oxidation sites excluding steroid dienone is 1. The summed E-state index contributed by atoms with van der Waals surface area (Å²) in [7, 11) is 5.70. The number of carbonyl (C=O) groups excluding carboxylic acids is 2. The monoisotopic (exact) mass is 243 g/mol. The first-order valence-corrected chi connectivity index (χ1v) is 5.47. The lowest BCUT2D eigenvalue weighted by Crippen LogP contribution is -2.50. The molecule has 98 valence electrons. The highest BCUT2D eigenvalue weighted by atomic mass is 16.5. The van der Waals surface area contributed by atoms with Gasteiger partial charge in [-0.25, -0.2) is 0 Å². The Hall–Kier alpha value is -1.36. The predicted molar refractivity (Wildman–Crippen MR) is 61.8 cm³/mol. The summed E-state index contributed by atoms with van der Waals surface area (Å²) in [6.45, 7) is 5.18. The molecule has 0 N–H and O–H groups in total. The summed E-state index contributed by atoms with van der Waals surface area (Å²) in [4.78, 5) is 22.0. The molecule has 5 nitrogen and oxygen atoms in total. The van der Waals surface area contributed by atoms with Crippen LogP contribution in [0.25, 0.3) is 0 Å². The molecule has 5 heteroatoms. The average molecular weight is 243 g/mol. The van der Waals surface area contributed by atoms with Crippen LogP contribution in [0.15, 0.2) is 12.7 Å². The van der Waals surface area contributed by atoms with Gasteiger partial charge in [-0.05, 0) is 6.42 Å². The van der Waals surface area contributed by atoms with E-state index in [0.717, 1.165) is 0 Å². The smallest absolute Gasteiger partial charge is 0.303 e. The van der Waals surface area contributed by atoms with Crippen LogP contribution in [0.1, 0.15) is 13.3 Å². The lowest BCUT2D eigenvalue weighted by molar-refractivity contribution is -0.873. The standard InChI is InChI=1S/C12H21NO4/c1-6-7-10(12(15)16)11(17-9(2)14)8-13(3,4)5/h6,10-11H,1,7-8H2,2-5H3. The van der Waals surface area contributed by atoms with Gasteiger partial charge in [0.15, 0.2) is 6.10 Å². The number of hydrogen-bond acceptors (Lipinski definition) is 4. The zero-order chi connectivity index (χ0) is 13.6. The van der Waals surface area contributed by atoms with Crippen LogP contribution in [-0.4, -0.2) is 50.2 Å². The van der Waals surface area contributed by atoms with Gasteiger partial charge in [-0.3, -0.25) is 4.79 Å². The molecule has 0 spiro atoms. The van der Waals surface area contributed by atoms with Gasteiger partial charge in [0.2, 0.25) is 0 Å². The highest BCUT2D eigenvalue weighted by Gasteiger charge is 2.29. The first-order valence-electron chi connectivity index (χ1n) is 5.47. The maximum atomic E-state index is 11.0. The van der Waals surface area contributed by atoms with Gasteiger partial charge in [-0.15, -0.1) is 6.58 Å². The summed E-state index contributed by atoms with van der Waals surface area (Å²) in [5, 5.41) is 11.0. The average Bonchev–Trinajstić information content (AvgIpc) is 2.09. The van der Waals surface area contributed by atoms with Gasteiger partial charge in [0.05, 0.1) is 21.1 Å². The van der Waals surface area contributed by atoms with E-state index < -0.39 is 24.0 Å². The van der Waals surface area contributed by atoms with E-state index in [4.69, 9.17) is 4.74 Å². The molecule has 0 aromatic rings. The number of rotatable bonds is 7. The molecule has 17 heavy (non-hydrogen) atoms. The zero-order valence-corrected chi connectivity index (χ0v) is 10.9. The Morgan fingerprint density at radius 3 is 2.24 bits per heavy atom. The Morgan fingerprint density at radius 1 is 1.41 bits per heavy atom. The zero-order valence-electron chi connectivity index (χ0n) is 10.9. The first-order chi connectivity index (χ1) is 7.67. The summed E-state index contributed by atoms with van der Waals surface area (Å²) >= 11 is 0. The molecule has 0 saturated carbocycles. The van der Waals surface area contributed by atoms with Gasteiger partial charge in [-0.2, -0.15) is 0 Å². The molecule has 0 aliphatic rings. The Kier molecular flexibility index (Phi) is 5.88.